The van der Waals surface area contributed by atoms with Crippen molar-refractivity contribution in [3.05, 3.63) is 23.8 Å². The summed E-state index contributed by atoms with van der Waals surface area (Å²) in [7, 11) is 2.06. The maximum atomic E-state index is 9.88. The summed E-state index contributed by atoms with van der Waals surface area (Å²) in [5, 5.41) is 19.4. The Morgan fingerprint density at radius 1 is 1.33 bits per heavy atom. The molecule has 18 heavy (non-hydrogen) atoms. The molecule has 0 bridgehead atoms. The monoisotopic (exact) mass is 249 g/mol. The maximum Gasteiger partial charge on any atom is 0.123 e. The first-order chi connectivity index (χ1) is 8.58. The van der Waals surface area contributed by atoms with Gasteiger partial charge in [0.15, 0.2) is 0 Å². The summed E-state index contributed by atoms with van der Waals surface area (Å²) in [5.41, 5.74) is 1.61. The lowest BCUT2D eigenvalue weighted by molar-refractivity contribution is 0.195. The fourth-order valence-electron chi connectivity index (χ4n) is 2.81. The molecule has 0 amide bonds. The van der Waals surface area contributed by atoms with Crippen molar-refractivity contribution in [3.8, 4) is 5.75 Å². The van der Waals surface area contributed by atoms with E-state index in [1.54, 1.807) is 19.1 Å². The molecule has 1 atom stereocenters. The van der Waals surface area contributed by atoms with Gasteiger partial charge in [0.2, 0.25) is 0 Å². The molecule has 0 heterocycles. The Balaban J connectivity index is 2.05. The zero-order chi connectivity index (χ0) is 13.1. The Labute approximate surface area is 109 Å². The topological polar surface area (TPSA) is 43.7 Å². The SMILES string of the molecule is CC(O)c1ccc(N(C)CC2CCCC2)cc1O. The molecule has 2 N–H and O–H groups in total. The zero-order valence-corrected chi connectivity index (χ0v) is 11.3. The summed E-state index contributed by atoms with van der Waals surface area (Å²) in [5.74, 6) is 0.967. The van der Waals surface area contributed by atoms with Gasteiger partial charge in [0.1, 0.15) is 5.75 Å². The summed E-state index contributed by atoms with van der Waals surface area (Å²) in [6.07, 6.45) is 4.72. The normalized spacial score (nSPS) is 17.9. The number of nitrogens with zero attached hydrogens (tertiary/aromatic N) is 1. The van der Waals surface area contributed by atoms with Crippen LogP contribution in [0.25, 0.3) is 0 Å². The number of phenolic OH excluding ortho intramolecular Hbond substituents is 1. The van der Waals surface area contributed by atoms with Gasteiger partial charge in [-0.25, -0.2) is 0 Å². The van der Waals surface area contributed by atoms with Crippen molar-refractivity contribution in [2.75, 3.05) is 18.5 Å². The highest BCUT2D eigenvalue weighted by molar-refractivity contribution is 5.53. The minimum atomic E-state index is -0.626. The predicted octanol–water partition coefficient (Wildman–Crippen LogP) is 3.07. The van der Waals surface area contributed by atoms with Crippen molar-refractivity contribution in [1.82, 2.24) is 0 Å². The molecule has 0 spiro atoms. The molecule has 1 aromatic rings. The van der Waals surface area contributed by atoms with Gasteiger partial charge in [-0.2, -0.15) is 0 Å². The van der Waals surface area contributed by atoms with Gasteiger partial charge in [-0.05, 0) is 31.7 Å². The molecule has 0 aromatic heterocycles. The number of aromatic hydroxyl groups is 1. The van der Waals surface area contributed by atoms with Crippen LogP contribution in [0.4, 0.5) is 5.69 Å². The number of anilines is 1. The van der Waals surface area contributed by atoms with E-state index in [1.807, 2.05) is 6.07 Å². The number of aliphatic hydroxyl groups excluding tert-OH is 1. The minimum Gasteiger partial charge on any atom is -0.507 e. The van der Waals surface area contributed by atoms with Crippen LogP contribution in [-0.4, -0.2) is 23.8 Å². The van der Waals surface area contributed by atoms with Crippen LogP contribution in [0.2, 0.25) is 0 Å². The Morgan fingerprint density at radius 2 is 2.00 bits per heavy atom. The Bertz CT molecular complexity index is 397. The molecule has 1 aliphatic rings. The van der Waals surface area contributed by atoms with Crippen molar-refractivity contribution in [1.29, 1.82) is 0 Å². The van der Waals surface area contributed by atoms with E-state index in [-0.39, 0.29) is 5.75 Å². The molecule has 1 aliphatic carbocycles. The Hall–Kier alpha value is -1.22. The molecule has 100 valence electrons. The van der Waals surface area contributed by atoms with E-state index in [2.05, 4.69) is 11.9 Å². The van der Waals surface area contributed by atoms with E-state index >= 15 is 0 Å². The van der Waals surface area contributed by atoms with Gasteiger partial charge in [-0.1, -0.05) is 18.9 Å². The van der Waals surface area contributed by atoms with Gasteiger partial charge >= 0.3 is 0 Å². The summed E-state index contributed by atoms with van der Waals surface area (Å²) >= 11 is 0. The van der Waals surface area contributed by atoms with Crippen molar-refractivity contribution < 1.29 is 10.2 Å². The van der Waals surface area contributed by atoms with Gasteiger partial charge in [0.05, 0.1) is 6.10 Å². The summed E-state index contributed by atoms with van der Waals surface area (Å²) in [6.45, 7) is 2.71. The van der Waals surface area contributed by atoms with E-state index in [0.717, 1.165) is 18.2 Å². The van der Waals surface area contributed by atoms with Crippen LogP contribution in [0.3, 0.4) is 0 Å². The molecule has 0 radical (unpaired) electrons. The lowest BCUT2D eigenvalue weighted by Gasteiger charge is -2.24. The third kappa shape index (κ3) is 2.96. The van der Waals surface area contributed by atoms with Gasteiger partial charge in [-0.3, -0.25) is 0 Å². The van der Waals surface area contributed by atoms with Crippen LogP contribution in [0.5, 0.6) is 5.75 Å². The average Bonchev–Trinajstić information content (AvgIpc) is 2.81. The van der Waals surface area contributed by atoms with Crippen molar-refractivity contribution in [2.24, 2.45) is 5.92 Å². The second-order valence-corrected chi connectivity index (χ2v) is 5.45. The zero-order valence-electron chi connectivity index (χ0n) is 11.3. The first-order valence-electron chi connectivity index (χ1n) is 6.80. The first-order valence-corrected chi connectivity index (χ1v) is 6.80. The van der Waals surface area contributed by atoms with E-state index in [1.165, 1.54) is 25.7 Å². The molecular weight excluding hydrogens is 226 g/mol. The van der Waals surface area contributed by atoms with E-state index in [9.17, 15) is 10.2 Å². The standard InChI is InChI=1S/C15H23NO2/c1-11(17)14-8-7-13(9-15(14)18)16(2)10-12-5-3-4-6-12/h7-9,11-12,17-18H,3-6,10H2,1-2H3. The van der Waals surface area contributed by atoms with E-state index in [4.69, 9.17) is 0 Å². The van der Waals surface area contributed by atoms with Gasteiger partial charge in [0.25, 0.3) is 0 Å². The van der Waals surface area contributed by atoms with Gasteiger partial charge < -0.3 is 15.1 Å². The van der Waals surface area contributed by atoms with Gasteiger partial charge in [-0.15, -0.1) is 0 Å². The maximum absolute atomic E-state index is 9.88. The molecular formula is C15H23NO2. The number of hydrogen-bond donors (Lipinski definition) is 2. The number of rotatable bonds is 4. The summed E-state index contributed by atoms with van der Waals surface area (Å²) in [6, 6.07) is 5.52. The van der Waals surface area contributed by atoms with Crippen LogP contribution in [0.15, 0.2) is 18.2 Å². The number of benzene rings is 1. The quantitative estimate of drug-likeness (QED) is 0.862. The lowest BCUT2D eigenvalue weighted by Crippen LogP contribution is -2.23. The van der Waals surface area contributed by atoms with Crippen LogP contribution in [-0.2, 0) is 0 Å². The highest BCUT2D eigenvalue weighted by atomic mass is 16.3. The Kier molecular flexibility index (Phi) is 4.12. The molecule has 3 nitrogen and oxygen atoms in total. The molecule has 0 aliphatic heterocycles. The largest absolute Gasteiger partial charge is 0.507 e. The molecule has 1 unspecified atom stereocenters. The minimum absolute atomic E-state index is 0.181. The smallest absolute Gasteiger partial charge is 0.123 e. The summed E-state index contributed by atoms with van der Waals surface area (Å²) < 4.78 is 0. The fraction of sp³-hybridized carbons (Fsp3) is 0.600. The second kappa shape index (κ2) is 5.61. The first kappa shape index (κ1) is 13.2. The van der Waals surface area contributed by atoms with E-state index < -0.39 is 6.10 Å². The third-order valence-corrected chi connectivity index (χ3v) is 3.91. The molecule has 2 rings (SSSR count). The van der Waals surface area contributed by atoms with Crippen LogP contribution in [0, 0.1) is 5.92 Å². The number of phenols is 1. The van der Waals surface area contributed by atoms with Crippen molar-refractivity contribution in [2.45, 2.75) is 38.7 Å². The van der Waals surface area contributed by atoms with Crippen molar-refractivity contribution in [3.63, 3.8) is 0 Å². The number of aliphatic hydroxyl groups is 1. The van der Waals surface area contributed by atoms with Crippen LogP contribution >= 0.6 is 0 Å². The highest BCUT2D eigenvalue weighted by Crippen LogP contribution is 2.31. The average molecular weight is 249 g/mol. The van der Waals surface area contributed by atoms with Crippen LogP contribution < -0.4 is 4.90 Å². The second-order valence-electron chi connectivity index (χ2n) is 5.45. The lowest BCUT2D eigenvalue weighted by atomic mass is 10.1. The fourth-order valence-corrected chi connectivity index (χ4v) is 2.81. The van der Waals surface area contributed by atoms with Gasteiger partial charge in [0, 0.05) is 30.9 Å². The Morgan fingerprint density at radius 3 is 2.56 bits per heavy atom. The predicted molar refractivity (Wildman–Crippen MR) is 74.0 cm³/mol. The number of hydrogen-bond acceptors (Lipinski definition) is 3. The van der Waals surface area contributed by atoms with Crippen LogP contribution in [0.1, 0.15) is 44.3 Å². The van der Waals surface area contributed by atoms with E-state index in [0.29, 0.717) is 5.56 Å². The molecule has 3 heteroatoms. The molecule has 1 saturated carbocycles. The molecule has 0 saturated heterocycles. The highest BCUT2D eigenvalue weighted by Gasteiger charge is 2.17. The molecule has 1 aromatic carbocycles. The molecule has 1 fully saturated rings. The third-order valence-electron chi connectivity index (χ3n) is 3.91. The summed E-state index contributed by atoms with van der Waals surface area (Å²) in [4.78, 5) is 2.20. The van der Waals surface area contributed by atoms with Crippen molar-refractivity contribution >= 4 is 5.69 Å².